The van der Waals surface area contributed by atoms with Crippen molar-refractivity contribution in [3.63, 3.8) is 0 Å². The molecule has 2 N–H and O–H groups in total. The molecule has 0 rings (SSSR count). The fourth-order valence-electron chi connectivity index (χ4n) is 0.991. The van der Waals surface area contributed by atoms with Gasteiger partial charge in [0.1, 0.15) is 0 Å². The first-order valence-electron chi connectivity index (χ1n) is 5.54. The van der Waals surface area contributed by atoms with Crippen molar-refractivity contribution in [1.82, 2.24) is 10.0 Å². The lowest BCUT2D eigenvalue weighted by molar-refractivity contribution is 0.525. The van der Waals surface area contributed by atoms with E-state index in [1.165, 1.54) is 0 Å². The monoisotopic (exact) mass is 236 g/mol. The molecule has 0 aliphatic carbocycles. The van der Waals surface area contributed by atoms with Gasteiger partial charge in [-0.15, -0.1) is 0 Å². The average Bonchev–Trinajstić information content (AvgIpc) is 2.13. The first-order chi connectivity index (χ1) is 6.79. The van der Waals surface area contributed by atoms with Gasteiger partial charge in [-0.1, -0.05) is 20.8 Å². The van der Waals surface area contributed by atoms with Crippen molar-refractivity contribution in [2.45, 2.75) is 58.4 Å². The zero-order valence-electron chi connectivity index (χ0n) is 10.4. The second-order valence-electron chi connectivity index (χ2n) is 4.35. The highest BCUT2D eigenvalue weighted by Gasteiger charge is 2.21. The van der Waals surface area contributed by atoms with Gasteiger partial charge in [0.25, 0.3) is 0 Å². The molecule has 0 fully saturated rings. The lowest BCUT2D eigenvalue weighted by Gasteiger charge is -2.19. The summed E-state index contributed by atoms with van der Waals surface area (Å²) in [5.41, 5.74) is 0. The summed E-state index contributed by atoms with van der Waals surface area (Å²) in [5, 5.41) is 2.73. The van der Waals surface area contributed by atoms with Crippen LogP contribution in [-0.4, -0.2) is 32.3 Å². The Hall–Kier alpha value is -0.130. The van der Waals surface area contributed by atoms with Crippen molar-refractivity contribution < 1.29 is 8.42 Å². The predicted octanol–water partition coefficient (Wildman–Crippen LogP) is 1.09. The Kier molecular flexibility index (Phi) is 6.40. The molecule has 0 amide bonds. The highest BCUT2D eigenvalue weighted by atomic mass is 32.2. The molecule has 0 bridgehead atoms. The Morgan fingerprint density at radius 3 is 2.07 bits per heavy atom. The molecule has 92 valence electrons. The number of nitrogens with one attached hydrogen (secondary N) is 2. The van der Waals surface area contributed by atoms with Crippen LogP contribution in [0.25, 0.3) is 0 Å². The number of rotatable bonds is 7. The SMILES string of the molecule is CCC(C)NS(=O)(=O)C(C)CNC(C)C. The van der Waals surface area contributed by atoms with E-state index in [-0.39, 0.29) is 6.04 Å². The van der Waals surface area contributed by atoms with Gasteiger partial charge < -0.3 is 5.32 Å². The lowest BCUT2D eigenvalue weighted by Crippen LogP contribution is -2.43. The second-order valence-corrected chi connectivity index (χ2v) is 6.48. The van der Waals surface area contributed by atoms with Crippen LogP contribution >= 0.6 is 0 Å². The summed E-state index contributed by atoms with van der Waals surface area (Å²) >= 11 is 0. The summed E-state index contributed by atoms with van der Waals surface area (Å²) < 4.78 is 26.2. The largest absolute Gasteiger partial charge is 0.313 e. The second kappa shape index (κ2) is 6.45. The zero-order valence-corrected chi connectivity index (χ0v) is 11.2. The summed E-state index contributed by atoms with van der Waals surface area (Å²) in [6.07, 6.45) is 0.809. The van der Waals surface area contributed by atoms with E-state index in [2.05, 4.69) is 10.0 Å². The van der Waals surface area contributed by atoms with Gasteiger partial charge in [-0.25, -0.2) is 13.1 Å². The quantitative estimate of drug-likeness (QED) is 0.696. The van der Waals surface area contributed by atoms with Crippen molar-refractivity contribution in [3.8, 4) is 0 Å². The maximum atomic E-state index is 11.8. The minimum absolute atomic E-state index is 0.0106. The lowest BCUT2D eigenvalue weighted by atomic mass is 10.3. The first-order valence-corrected chi connectivity index (χ1v) is 7.08. The molecular formula is C10H24N2O2S. The van der Waals surface area contributed by atoms with Gasteiger partial charge >= 0.3 is 0 Å². The van der Waals surface area contributed by atoms with E-state index in [4.69, 9.17) is 0 Å². The van der Waals surface area contributed by atoms with E-state index >= 15 is 0 Å². The van der Waals surface area contributed by atoms with Crippen molar-refractivity contribution in [3.05, 3.63) is 0 Å². The molecule has 0 aliphatic heterocycles. The minimum Gasteiger partial charge on any atom is -0.313 e. The van der Waals surface area contributed by atoms with E-state index in [1.807, 2.05) is 27.7 Å². The van der Waals surface area contributed by atoms with Crippen LogP contribution in [-0.2, 0) is 10.0 Å². The molecule has 0 saturated carbocycles. The predicted molar refractivity (Wildman–Crippen MR) is 64.4 cm³/mol. The minimum atomic E-state index is -3.18. The Morgan fingerprint density at radius 1 is 1.13 bits per heavy atom. The Morgan fingerprint density at radius 2 is 1.67 bits per heavy atom. The standard InChI is InChI=1S/C10H24N2O2S/c1-6-9(4)12-15(13,14)10(5)7-11-8(2)3/h8-12H,6-7H2,1-5H3. The third-order valence-electron chi connectivity index (χ3n) is 2.32. The van der Waals surface area contributed by atoms with Crippen LogP contribution in [0.5, 0.6) is 0 Å². The molecule has 0 spiro atoms. The molecule has 15 heavy (non-hydrogen) atoms. The molecule has 0 radical (unpaired) electrons. The number of sulfonamides is 1. The first kappa shape index (κ1) is 14.9. The summed E-state index contributed by atoms with van der Waals surface area (Å²) in [6, 6.07) is 0.322. The molecule has 0 aromatic carbocycles. The molecule has 0 aliphatic rings. The number of hydrogen-bond donors (Lipinski definition) is 2. The van der Waals surface area contributed by atoms with E-state index < -0.39 is 15.3 Å². The normalized spacial score (nSPS) is 16.7. The molecule has 2 atom stereocenters. The number of hydrogen-bond acceptors (Lipinski definition) is 3. The van der Waals surface area contributed by atoms with E-state index in [9.17, 15) is 8.42 Å². The molecule has 0 saturated heterocycles. The van der Waals surface area contributed by atoms with E-state index in [0.29, 0.717) is 12.6 Å². The van der Waals surface area contributed by atoms with Crippen molar-refractivity contribution in [2.24, 2.45) is 0 Å². The van der Waals surface area contributed by atoms with Crippen LogP contribution in [0, 0.1) is 0 Å². The van der Waals surface area contributed by atoms with Crippen molar-refractivity contribution >= 4 is 10.0 Å². The highest BCUT2D eigenvalue weighted by Crippen LogP contribution is 2.01. The maximum absolute atomic E-state index is 11.8. The summed E-state index contributed by atoms with van der Waals surface area (Å²) in [6.45, 7) is 10.1. The van der Waals surface area contributed by atoms with Gasteiger partial charge in [0.05, 0.1) is 5.25 Å². The Labute approximate surface area is 93.9 Å². The Bertz CT molecular complexity index is 263. The molecular weight excluding hydrogens is 212 g/mol. The average molecular weight is 236 g/mol. The van der Waals surface area contributed by atoms with Gasteiger partial charge in [0.2, 0.25) is 10.0 Å². The Balaban J connectivity index is 4.20. The van der Waals surface area contributed by atoms with Crippen LogP contribution in [0.3, 0.4) is 0 Å². The van der Waals surface area contributed by atoms with Gasteiger partial charge in [-0.3, -0.25) is 0 Å². The molecule has 0 heterocycles. The highest BCUT2D eigenvalue weighted by molar-refractivity contribution is 7.90. The molecule has 5 heteroatoms. The summed E-state index contributed by atoms with van der Waals surface area (Å²) in [4.78, 5) is 0. The third kappa shape index (κ3) is 6.12. The maximum Gasteiger partial charge on any atom is 0.215 e. The fraction of sp³-hybridized carbons (Fsp3) is 1.00. The molecule has 2 unspecified atom stereocenters. The third-order valence-corrected chi connectivity index (χ3v) is 4.28. The zero-order chi connectivity index (χ0) is 12.1. The fourth-order valence-corrected chi connectivity index (χ4v) is 2.27. The molecule has 4 nitrogen and oxygen atoms in total. The molecule has 0 aromatic heterocycles. The van der Waals surface area contributed by atoms with Gasteiger partial charge in [0, 0.05) is 18.6 Å². The summed E-state index contributed by atoms with van der Waals surface area (Å²) in [7, 11) is -3.18. The molecule has 0 aromatic rings. The van der Waals surface area contributed by atoms with E-state index in [0.717, 1.165) is 6.42 Å². The van der Waals surface area contributed by atoms with E-state index in [1.54, 1.807) is 6.92 Å². The summed E-state index contributed by atoms with van der Waals surface area (Å²) in [5.74, 6) is 0. The van der Waals surface area contributed by atoms with Gasteiger partial charge in [-0.05, 0) is 20.3 Å². The van der Waals surface area contributed by atoms with Gasteiger partial charge in [-0.2, -0.15) is 0 Å². The van der Waals surface area contributed by atoms with Crippen molar-refractivity contribution in [2.75, 3.05) is 6.54 Å². The smallest absolute Gasteiger partial charge is 0.215 e. The van der Waals surface area contributed by atoms with Gasteiger partial charge in [0.15, 0.2) is 0 Å². The van der Waals surface area contributed by atoms with Crippen LogP contribution in [0.2, 0.25) is 0 Å². The van der Waals surface area contributed by atoms with Crippen LogP contribution in [0.4, 0.5) is 0 Å². The van der Waals surface area contributed by atoms with Crippen LogP contribution < -0.4 is 10.0 Å². The topological polar surface area (TPSA) is 58.2 Å². The van der Waals surface area contributed by atoms with Crippen LogP contribution in [0.1, 0.15) is 41.0 Å². The van der Waals surface area contributed by atoms with Crippen LogP contribution in [0.15, 0.2) is 0 Å². The van der Waals surface area contributed by atoms with Crippen molar-refractivity contribution in [1.29, 1.82) is 0 Å².